The van der Waals surface area contributed by atoms with Gasteiger partial charge in [-0.1, -0.05) is 30.3 Å². The van der Waals surface area contributed by atoms with Gasteiger partial charge in [-0.15, -0.1) is 0 Å². The Kier molecular flexibility index (Phi) is 4.59. The molecule has 2 aliphatic heterocycles. The molecule has 0 spiro atoms. The van der Waals surface area contributed by atoms with Crippen molar-refractivity contribution in [2.75, 3.05) is 18.5 Å². The molecule has 4 atom stereocenters. The van der Waals surface area contributed by atoms with E-state index in [2.05, 4.69) is 21.4 Å². The van der Waals surface area contributed by atoms with Crippen LogP contribution in [0.2, 0.25) is 0 Å². The van der Waals surface area contributed by atoms with Gasteiger partial charge in [-0.05, 0) is 30.7 Å². The SMILES string of the molecule is CC1(O)[C@H](O)[C@@H](CO)O[C@H]1n1c(NCC2=Nc3ccccc3C2)nc2ccccc21. The average molecular weight is 408 g/mol. The molecule has 0 saturated carbocycles. The summed E-state index contributed by atoms with van der Waals surface area (Å²) in [5.41, 5.74) is 3.06. The number of aromatic nitrogens is 2. The predicted octanol–water partition coefficient (Wildman–Crippen LogP) is 1.78. The maximum Gasteiger partial charge on any atom is 0.206 e. The molecule has 8 nitrogen and oxygen atoms in total. The molecule has 3 aromatic rings. The Morgan fingerprint density at radius 2 is 1.97 bits per heavy atom. The number of para-hydroxylation sites is 3. The minimum Gasteiger partial charge on any atom is -0.394 e. The molecule has 8 heteroatoms. The molecular weight excluding hydrogens is 384 g/mol. The predicted molar refractivity (Wildman–Crippen MR) is 113 cm³/mol. The molecule has 156 valence electrons. The minimum atomic E-state index is -1.60. The second-order valence-electron chi connectivity index (χ2n) is 8.01. The maximum absolute atomic E-state index is 11.0. The highest BCUT2D eigenvalue weighted by atomic mass is 16.6. The van der Waals surface area contributed by atoms with E-state index in [1.165, 1.54) is 12.5 Å². The molecule has 5 rings (SSSR count). The number of anilines is 1. The van der Waals surface area contributed by atoms with E-state index in [-0.39, 0.29) is 0 Å². The van der Waals surface area contributed by atoms with Crippen LogP contribution in [0.5, 0.6) is 0 Å². The molecule has 0 bridgehead atoms. The number of aliphatic imine (C=N–C) groups is 1. The molecule has 30 heavy (non-hydrogen) atoms. The maximum atomic E-state index is 11.0. The van der Waals surface area contributed by atoms with Crippen LogP contribution >= 0.6 is 0 Å². The van der Waals surface area contributed by atoms with Gasteiger partial charge in [0.15, 0.2) is 6.23 Å². The van der Waals surface area contributed by atoms with E-state index in [9.17, 15) is 15.3 Å². The van der Waals surface area contributed by atoms with Crippen molar-refractivity contribution in [2.24, 2.45) is 4.99 Å². The third-order valence-electron chi connectivity index (χ3n) is 5.88. The van der Waals surface area contributed by atoms with E-state index >= 15 is 0 Å². The third kappa shape index (κ3) is 3.00. The number of benzene rings is 2. The van der Waals surface area contributed by atoms with Gasteiger partial charge in [0.05, 0.1) is 29.9 Å². The molecule has 0 aliphatic carbocycles. The summed E-state index contributed by atoms with van der Waals surface area (Å²) in [7, 11) is 0. The fraction of sp³-hybridized carbons (Fsp3) is 0.364. The Hall–Kier alpha value is -2.78. The van der Waals surface area contributed by atoms with Crippen LogP contribution in [0.3, 0.4) is 0 Å². The smallest absolute Gasteiger partial charge is 0.206 e. The van der Waals surface area contributed by atoms with Crippen LogP contribution in [0, 0.1) is 0 Å². The fourth-order valence-electron chi connectivity index (χ4n) is 4.25. The van der Waals surface area contributed by atoms with Gasteiger partial charge < -0.3 is 25.4 Å². The quantitative estimate of drug-likeness (QED) is 0.512. The number of nitrogens with one attached hydrogen (secondary N) is 1. The normalized spacial score (nSPS) is 28.0. The summed E-state index contributed by atoms with van der Waals surface area (Å²) < 4.78 is 7.60. The Balaban J connectivity index is 1.48. The van der Waals surface area contributed by atoms with Gasteiger partial charge in [-0.2, -0.15) is 0 Å². The number of imidazole rings is 1. The summed E-state index contributed by atoms with van der Waals surface area (Å²) in [5.74, 6) is 0.505. The first-order valence-corrected chi connectivity index (χ1v) is 10.0. The van der Waals surface area contributed by atoms with Crippen LogP contribution in [0.4, 0.5) is 11.6 Å². The molecule has 2 aliphatic rings. The van der Waals surface area contributed by atoms with E-state index in [1.54, 1.807) is 4.57 Å². The van der Waals surface area contributed by atoms with Crippen molar-refractivity contribution in [1.82, 2.24) is 9.55 Å². The summed E-state index contributed by atoms with van der Waals surface area (Å²) in [4.78, 5) is 9.35. The lowest BCUT2D eigenvalue weighted by Crippen LogP contribution is -2.44. The third-order valence-corrected chi connectivity index (χ3v) is 5.88. The molecular formula is C22H24N4O4. The van der Waals surface area contributed by atoms with Crippen molar-refractivity contribution < 1.29 is 20.1 Å². The van der Waals surface area contributed by atoms with Crippen molar-refractivity contribution >= 4 is 28.4 Å². The number of ether oxygens (including phenoxy) is 1. The van der Waals surface area contributed by atoms with Crippen molar-refractivity contribution in [3.63, 3.8) is 0 Å². The molecule has 3 heterocycles. The largest absolute Gasteiger partial charge is 0.394 e. The highest BCUT2D eigenvalue weighted by Crippen LogP contribution is 2.41. The molecule has 0 amide bonds. The summed E-state index contributed by atoms with van der Waals surface area (Å²) in [6.45, 7) is 1.60. The molecule has 2 aromatic carbocycles. The zero-order chi connectivity index (χ0) is 20.9. The molecule has 0 radical (unpaired) electrons. The van der Waals surface area contributed by atoms with Gasteiger partial charge in [0, 0.05) is 12.1 Å². The van der Waals surface area contributed by atoms with Crippen LogP contribution in [-0.2, 0) is 11.2 Å². The zero-order valence-electron chi connectivity index (χ0n) is 16.6. The zero-order valence-corrected chi connectivity index (χ0v) is 16.6. The lowest BCUT2D eigenvalue weighted by Gasteiger charge is -2.28. The molecule has 4 N–H and O–H groups in total. The number of hydrogen-bond donors (Lipinski definition) is 4. The molecule has 1 saturated heterocycles. The highest BCUT2D eigenvalue weighted by Gasteiger charge is 2.53. The van der Waals surface area contributed by atoms with Gasteiger partial charge >= 0.3 is 0 Å². The Bertz CT molecular complexity index is 1120. The number of fused-ring (bicyclic) bond motifs is 2. The lowest BCUT2D eigenvalue weighted by molar-refractivity contribution is -0.0939. The summed E-state index contributed by atoms with van der Waals surface area (Å²) >= 11 is 0. The minimum absolute atomic E-state index is 0.391. The number of rotatable bonds is 5. The molecule has 1 fully saturated rings. The monoisotopic (exact) mass is 408 g/mol. The fourth-order valence-corrected chi connectivity index (χ4v) is 4.25. The van der Waals surface area contributed by atoms with Gasteiger partial charge in [-0.3, -0.25) is 9.56 Å². The van der Waals surface area contributed by atoms with Gasteiger partial charge in [-0.25, -0.2) is 4.98 Å². The lowest BCUT2D eigenvalue weighted by atomic mass is 9.96. The first-order chi connectivity index (χ1) is 14.5. The van der Waals surface area contributed by atoms with Gasteiger partial charge in [0.2, 0.25) is 5.95 Å². The number of nitrogens with zero attached hydrogens (tertiary/aromatic N) is 3. The van der Waals surface area contributed by atoms with Crippen molar-refractivity contribution in [2.45, 2.75) is 37.4 Å². The van der Waals surface area contributed by atoms with Crippen LogP contribution < -0.4 is 5.32 Å². The van der Waals surface area contributed by atoms with E-state index in [1.807, 2.05) is 42.5 Å². The van der Waals surface area contributed by atoms with E-state index in [0.717, 1.165) is 28.9 Å². The van der Waals surface area contributed by atoms with Crippen LogP contribution in [0.1, 0.15) is 18.7 Å². The second-order valence-corrected chi connectivity index (χ2v) is 8.01. The first kappa shape index (κ1) is 19.2. The van der Waals surface area contributed by atoms with Crippen molar-refractivity contribution in [3.8, 4) is 0 Å². The van der Waals surface area contributed by atoms with Crippen molar-refractivity contribution in [1.29, 1.82) is 0 Å². The average Bonchev–Trinajstić information content (AvgIpc) is 3.38. The van der Waals surface area contributed by atoms with Gasteiger partial charge in [0.25, 0.3) is 0 Å². The molecule has 1 aromatic heterocycles. The Labute approximate surface area is 173 Å². The van der Waals surface area contributed by atoms with E-state index < -0.39 is 30.6 Å². The van der Waals surface area contributed by atoms with Crippen molar-refractivity contribution in [3.05, 3.63) is 54.1 Å². The van der Waals surface area contributed by atoms with E-state index in [0.29, 0.717) is 12.5 Å². The van der Waals surface area contributed by atoms with E-state index in [4.69, 9.17) is 4.74 Å². The number of hydrogen-bond acceptors (Lipinski definition) is 7. The standard InChI is InChI=1S/C22H24N4O4/c1-22(29)19(28)18(12-27)30-20(22)26-17-9-5-4-8-16(17)25-21(26)23-11-14-10-13-6-2-3-7-15(13)24-14/h2-9,18-20,27-29H,10-12H2,1H3,(H,23,25)/t18-,19-,20-,22?/m1/s1. The second kappa shape index (κ2) is 7.17. The van der Waals surface area contributed by atoms with Crippen LogP contribution in [-0.4, -0.2) is 61.5 Å². The van der Waals surface area contributed by atoms with Crippen LogP contribution in [0.25, 0.3) is 11.0 Å². The number of aliphatic hydroxyl groups excluding tert-OH is 2. The Morgan fingerprint density at radius 1 is 1.20 bits per heavy atom. The van der Waals surface area contributed by atoms with Gasteiger partial charge in [0.1, 0.15) is 17.8 Å². The topological polar surface area (TPSA) is 112 Å². The first-order valence-electron chi connectivity index (χ1n) is 10.0. The summed E-state index contributed by atoms with van der Waals surface area (Å²) in [5, 5.41) is 34.3. The number of aliphatic hydroxyl groups is 3. The Morgan fingerprint density at radius 3 is 2.73 bits per heavy atom. The highest BCUT2D eigenvalue weighted by molar-refractivity contribution is 5.96. The van der Waals surface area contributed by atoms with Crippen LogP contribution in [0.15, 0.2) is 53.5 Å². The summed E-state index contributed by atoms with van der Waals surface area (Å²) in [6.07, 6.45) is -2.25. The summed E-state index contributed by atoms with van der Waals surface area (Å²) in [6, 6.07) is 15.6. The molecule has 1 unspecified atom stereocenters.